The van der Waals surface area contributed by atoms with Crippen LogP contribution in [0.1, 0.15) is 83.3 Å². The smallest absolute Gasteiger partial charge is 0.0109 e. The predicted molar refractivity (Wildman–Crippen MR) is 131 cm³/mol. The predicted octanol–water partition coefficient (Wildman–Crippen LogP) is 8.95. The van der Waals surface area contributed by atoms with Crippen molar-refractivity contribution in [2.45, 2.75) is 78.6 Å². The van der Waals surface area contributed by atoms with E-state index in [1.165, 1.54) is 80.0 Å². The maximum atomic E-state index is 2.47. The van der Waals surface area contributed by atoms with E-state index in [-0.39, 0.29) is 0 Å². The Hall–Kier alpha value is -1.82. The molecule has 0 bridgehead atoms. The number of hydrogen-bond donors (Lipinski definition) is 0. The molecular formula is C30H40. The summed E-state index contributed by atoms with van der Waals surface area (Å²) in [5.74, 6) is 3.57. The van der Waals surface area contributed by atoms with Crippen molar-refractivity contribution in [2.75, 3.05) is 0 Å². The molecule has 3 unspecified atom stereocenters. The maximum absolute atomic E-state index is 2.47. The van der Waals surface area contributed by atoms with Crippen molar-refractivity contribution < 1.29 is 0 Å². The van der Waals surface area contributed by atoms with Crippen molar-refractivity contribution in [1.29, 1.82) is 0 Å². The first kappa shape index (κ1) is 21.4. The van der Waals surface area contributed by atoms with E-state index in [9.17, 15) is 0 Å². The van der Waals surface area contributed by atoms with E-state index in [2.05, 4.69) is 75.4 Å². The van der Waals surface area contributed by atoms with Gasteiger partial charge in [0.1, 0.15) is 0 Å². The Kier molecular flexibility index (Phi) is 7.13. The SMILES string of the molecule is CCCC(Cc1ccc(-c2ccccc2C2=CCCC2)cc1)C1CC(C)CC(C)C1. The fourth-order valence-electron chi connectivity index (χ4n) is 6.32. The Morgan fingerprint density at radius 1 is 0.867 bits per heavy atom. The van der Waals surface area contributed by atoms with Gasteiger partial charge in [0.25, 0.3) is 0 Å². The zero-order chi connectivity index (χ0) is 20.9. The number of allylic oxidation sites excluding steroid dienone is 2. The molecule has 2 aliphatic rings. The van der Waals surface area contributed by atoms with Crippen LogP contribution in [0.4, 0.5) is 0 Å². The first-order valence-electron chi connectivity index (χ1n) is 12.5. The minimum absolute atomic E-state index is 0.849. The van der Waals surface area contributed by atoms with Gasteiger partial charge >= 0.3 is 0 Å². The van der Waals surface area contributed by atoms with Crippen LogP contribution >= 0.6 is 0 Å². The van der Waals surface area contributed by atoms with Crippen molar-refractivity contribution in [2.24, 2.45) is 23.7 Å². The molecule has 0 radical (unpaired) electrons. The highest BCUT2D eigenvalue weighted by atomic mass is 14.3. The molecule has 0 N–H and O–H groups in total. The molecule has 160 valence electrons. The Labute approximate surface area is 184 Å². The second-order valence-electron chi connectivity index (χ2n) is 10.3. The van der Waals surface area contributed by atoms with Gasteiger partial charge in [0.05, 0.1) is 0 Å². The van der Waals surface area contributed by atoms with Gasteiger partial charge < -0.3 is 0 Å². The summed E-state index contributed by atoms with van der Waals surface area (Å²) in [6, 6.07) is 18.6. The molecule has 4 rings (SSSR count). The number of rotatable bonds is 7. The van der Waals surface area contributed by atoms with Crippen LogP contribution in [0.25, 0.3) is 16.7 Å². The van der Waals surface area contributed by atoms with Crippen molar-refractivity contribution >= 4 is 5.57 Å². The van der Waals surface area contributed by atoms with Crippen molar-refractivity contribution in [3.63, 3.8) is 0 Å². The zero-order valence-corrected chi connectivity index (χ0v) is 19.4. The van der Waals surface area contributed by atoms with Crippen LogP contribution in [0.2, 0.25) is 0 Å². The molecule has 0 heteroatoms. The maximum Gasteiger partial charge on any atom is -0.0109 e. The van der Waals surface area contributed by atoms with Gasteiger partial charge in [0.15, 0.2) is 0 Å². The van der Waals surface area contributed by atoms with Gasteiger partial charge in [0, 0.05) is 0 Å². The monoisotopic (exact) mass is 400 g/mol. The molecule has 1 saturated carbocycles. The van der Waals surface area contributed by atoms with Crippen molar-refractivity contribution in [3.05, 3.63) is 65.7 Å². The summed E-state index contributed by atoms with van der Waals surface area (Å²) in [7, 11) is 0. The van der Waals surface area contributed by atoms with Gasteiger partial charge in [-0.3, -0.25) is 0 Å². The average Bonchev–Trinajstić information content (AvgIpc) is 3.28. The van der Waals surface area contributed by atoms with E-state index in [1.807, 2.05) is 0 Å². The summed E-state index contributed by atoms with van der Waals surface area (Å²) in [6.45, 7) is 7.30. The van der Waals surface area contributed by atoms with Gasteiger partial charge in [-0.25, -0.2) is 0 Å². The lowest BCUT2D eigenvalue weighted by molar-refractivity contribution is 0.152. The number of benzene rings is 2. The van der Waals surface area contributed by atoms with Crippen LogP contribution in [0.15, 0.2) is 54.6 Å². The van der Waals surface area contributed by atoms with Crippen LogP contribution in [0.3, 0.4) is 0 Å². The third-order valence-electron chi connectivity index (χ3n) is 7.62. The van der Waals surface area contributed by atoms with Crippen LogP contribution in [-0.4, -0.2) is 0 Å². The van der Waals surface area contributed by atoms with Gasteiger partial charge in [-0.1, -0.05) is 88.2 Å². The Bertz CT molecular complexity index is 831. The summed E-state index contributed by atoms with van der Waals surface area (Å²) in [5, 5.41) is 0. The fourth-order valence-corrected chi connectivity index (χ4v) is 6.32. The first-order valence-corrected chi connectivity index (χ1v) is 12.5. The molecule has 0 spiro atoms. The van der Waals surface area contributed by atoms with Gasteiger partial charge in [0.2, 0.25) is 0 Å². The molecule has 0 aliphatic heterocycles. The summed E-state index contributed by atoms with van der Waals surface area (Å²) >= 11 is 0. The third kappa shape index (κ3) is 5.08. The lowest BCUT2D eigenvalue weighted by Crippen LogP contribution is -2.27. The summed E-state index contributed by atoms with van der Waals surface area (Å²) < 4.78 is 0. The minimum atomic E-state index is 0.849. The molecule has 2 aromatic carbocycles. The lowest BCUT2D eigenvalue weighted by atomic mass is 9.69. The zero-order valence-electron chi connectivity index (χ0n) is 19.4. The molecule has 2 aliphatic carbocycles. The standard InChI is InChI=1S/C30H40/c1-4-9-27(28-19-22(2)18-23(3)20-28)21-24-14-16-26(17-15-24)30-13-8-7-12-29(30)25-10-5-6-11-25/h7-8,10,12-17,22-23,27-28H,4-6,9,11,18-21H2,1-3H3. The van der Waals surface area contributed by atoms with Crippen molar-refractivity contribution in [1.82, 2.24) is 0 Å². The number of hydrogen-bond acceptors (Lipinski definition) is 0. The summed E-state index contributed by atoms with van der Waals surface area (Å²) in [6.07, 6.45) is 14.5. The van der Waals surface area contributed by atoms with E-state index in [0.717, 1.165) is 23.7 Å². The largest absolute Gasteiger partial charge is 0.0807 e. The Balaban J connectivity index is 1.51. The van der Waals surface area contributed by atoms with Crippen LogP contribution in [-0.2, 0) is 6.42 Å². The van der Waals surface area contributed by atoms with E-state index >= 15 is 0 Å². The highest BCUT2D eigenvalue weighted by Crippen LogP contribution is 2.40. The lowest BCUT2D eigenvalue weighted by Gasteiger charge is -2.37. The normalized spacial score (nSPS) is 25.2. The van der Waals surface area contributed by atoms with E-state index in [1.54, 1.807) is 5.57 Å². The van der Waals surface area contributed by atoms with E-state index < -0.39 is 0 Å². The topological polar surface area (TPSA) is 0 Å². The Morgan fingerprint density at radius 3 is 2.20 bits per heavy atom. The van der Waals surface area contributed by atoms with Crippen molar-refractivity contribution in [3.8, 4) is 11.1 Å². The van der Waals surface area contributed by atoms with E-state index in [0.29, 0.717) is 0 Å². The molecule has 0 heterocycles. The highest BCUT2D eigenvalue weighted by molar-refractivity contribution is 5.82. The van der Waals surface area contributed by atoms with Crippen LogP contribution in [0.5, 0.6) is 0 Å². The van der Waals surface area contributed by atoms with E-state index in [4.69, 9.17) is 0 Å². The quantitative estimate of drug-likeness (QED) is 0.435. The molecule has 0 saturated heterocycles. The van der Waals surface area contributed by atoms with Crippen LogP contribution < -0.4 is 0 Å². The second-order valence-corrected chi connectivity index (χ2v) is 10.3. The third-order valence-corrected chi connectivity index (χ3v) is 7.62. The molecule has 2 aromatic rings. The van der Waals surface area contributed by atoms with Gasteiger partial charge in [-0.2, -0.15) is 0 Å². The fraction of sp³-hybridized carbons (Fsp3) is 0.533. The minimum Gasteiger partial charge on any atom is -0.0807 e. The first-order chi connectivity index (χ1) is 14.6. The molecule has 0 amide bonds. The molecule has 0 nitrogen and oxygen atoms in total. The molecule has 1 fully saturated rings. The van der Waals surface area contributed by atoms with Gasteiger partial charge in [-0.05, 0) is 96.4 Å². The Morgan fingerprint density at radius 2 is 1.57 bits per heavy atom. The molecule has 3 atom stereocenters. The van der Waals surface area contributed by atoms with Crippen LogP contribution in [0, 0.1) is 23.7 Å². The second kappa shape index (κ2) is 9.99. The van der Waals surface area contributed by atoms with Gasteiger partial charge in [-0.15, -0.1) is 0 Å². The molecular weight excluding hydrogens is 360 g/mol. The average molecular weight is 401 g/mol. The summed E-state index contributed by atoms with van der Waals surface area (Å²) in [4.78, 5) is 0. The molecule has 0 aromatic heterocycles. The summed E-state index contributed by atoms with van der Waals surface area (Å²) in [5.41, 5.74) is 7.28. The molecule has 30 heavy (non-hydrogen) atoms. The highest BCUT2D eigenvalue weighted by Gasteiger charge is 2.29.